The molecule has 2 aromatic carbocycles. The molecule has 184 valence electrons. The molecule has 3 aliphatic heterocycles. The average molecular weight is 583 g/mol. The Hall–Kier alpha value is -2.33. The van der Waals surface area contributed by atoms with Crippen LogP contribution >= 0.6 is 39.1 Å². The van der Waals surface area contributed by atoms with E-state index in [1.54, 1.807) is 4.90 Å². The molecule has 3 fully saturated rings. The minimum absolute atomic E-state index is 0.113. The van der Waals surface area contributed by atoms with Gasteiger partial charge in [0, 0.05) is 40.4 Å². The van der Waals surface area contributed by atoms with Crippen molar-refractivity contribution in [3.63, 3.8) is 0 Å². The van der Waals surface area contributed by atoms with E-state index in [0.29, 0.717) is 42.0 Å². The summed E-state index contributed by atoms with van der Waals surface area (Å²) < 4.78 is 12.0. The van der Waals surface area contributed by atoms with Crippen molar-refractivity contribution in [3.8, 4) is 0 Å². The number of carbonyl (C=O) groups excluding carboxylic acids is 3. The lowest BCUT2D eigenvalue weighted by Gasteiger charge is -2.28. The van der Waals surface area contributed by atoms with E-state index < -0.39 is 29.7 Å². The van der Waals surface area contributed by atoms with Crippen LogP contribution < -0.4 is 4.90 Å². The van der Waals surface area contributed by atoms with Crippen LogP contribution in [0.1, 0.15) is 12.0 Å². The zero-order valence-corrected chi connectivity index (χ0v) is 21.7. The van der Waals surface area contributed by atoms with Crippen LogP contribution in [-0.4, -0.2) is 72.3 Å². The lowest BCUT2D eigenvalue weighted by Crippen LogP contribution is -2.47. The maximum absolute atomic E-state index is 13.9. The molecule has 3 saturated heterocycles. The van der Waals surface area contributed by atoms with Crippen molar-refractivity contribution in [1.29, 1.82) is 0 Å². The Labute approximate surface area is 220 Å². The van der Waals surface area contributed by atoms with Crippen LogP contribution in [-0.2, 0) is 20.7 Å². The van der Waals surface area contributed by atoms with E-state index >= 15 is 0 Å². The first kappa shape index (κ1) is 24.4. The summed E-state index contributed by atoms with van der Waals surface area (Å²) in [5.41, 5.74) is -0.00947. The molecule has 35 heavy (non-hydrogen) atoms. The number of rotatable bonds is 4. The van der Waals surface area contributed by atoms with Crippen LogP contribution in [0, 0.1) is 0 Å². The predicted octanol–water partition coefficient (Wildman–Crippen LogP) is 4.75. The number of amides is 4. The Kier molecular flexibility index (Phi) is 6.69. The minimum Gasteiger partial charge on any atom is -0.444 e. The first-order valence-corrected chi connectivity index (χ1v) is 12.7. The molecule has 2 atom stereocenters. The van der Waals surface area contributed by atoms with Gasteiger partial charge >= 0.3 is 12.1 Å². The van der Waals surface area contributed by atoms with Crippen LogP contribution in [0.15, 0.2) is 46.9 Å². The average Bonchev–Trinajstić information content (AvgIpc) is 3.27. The third-order valence-corrected chi connectivity index (χ3v) is 7.51. The van der Waals surface area contributed by atoms with Crippen molar-refractivity contribution in [2.75, 3.05) is 37.7 Å². The molecule has 5 rings (SSSR count). The number of carbonyl (C=O) groups is 3. The molecule has 0 radical (unpaired) electrons. The second-order valence-electron chi connectivity index (χ2n) is 8.81. The van der Waals surface area contributed by atoms with Crippen molar-refractivity contribution in [3.05, 3.63) is 62.5 Å². The second kappa shape index (κ2) is 9.61. The lowest BCUT2D eigenvalue weighted by molar-refractivity contribution is -0.124. The minimum atomic E-state index is -1.20. The number of ether oxygens (including phenoxy) is 2. The highest BCUT2D eigenvalue weighted by molar-refractivity contribution is 9.10. The number of imide groups is 1. The van der Waals surface area contributed by atoms with Crippen molar-refractivity contribution in [2.24, 2.45) is 0 Å². The molecule has 11 heteroatoms. The van der Waals surface area contributed by atoms with Gasteiger partial charge in [-0.3, -0.25) is 4.79 Å². The van der Waals surface area contributed by atoms with Gasteiger partial charge in [0.15, 0.2) is 0 Å². The normalized spacial score (nSPS) is 24.2. The molecule has 0 saturated carbocycles. The fourth-order valence-electron chi connectivity index (χ4n) is 4.93. The van der Waals surface area contributed by atoms with E-state index in [0.717, 1.165) is 14.9 Å². The van der Waals surface area contributed by atoms with Gasteiger partial charge in [0.25, 0.3) is 5.91 Å². The zero-order valence-electron chi connectivity index (χ0n) is 18.6. The summed E-state index contributed by atoms with van der Waals surface area (Å²) in [6.45, 7) is 1.91. The van der Waals surface area contributed by atoms with Gasteiger partial charge in [0.1, 0.15) is 11.6 Å². The van der Waals surface area contributed by atoms with Gasteiger partial charge in [-0.05, 0) is 35.9 Å². The first-order chi connectivity index (χ1) is 16.8. The summed E-state index contributed by atoms with van der Waals surface area (Å²) in [6, 6.07) is 11.7. The summed E-state index contributed by atoms with van der Waals surface area (Å²) in [5.74, 6) is -0.395. The maximum Gasteiger partial charge on any atom is 0.410 e. The molecule has 0 N–H and O–H groups in total. The monoisotopic (exact) mass is 581 g/mol. The largest absolute Gasteiger partial charge is 0.444 e. The number of halogens is 3. The first-order valence-electron chi connectivity index (χ1n) is 11.2. The highest BCUT2D eigenvalue weighted by Gasteiger charge is 2.63. The molecule has 4 amide bonds. The summed E-state index contributed by atoms with van der Waals surface area (Å²) in [5, 5.41) is 0.638. The highest BCUT2D eigenvalue weighted by Crippen LogP contribution is 2.44. The molecular weight excluding hydrogens is 561 g/mol. The number of anilines is 1. The molecule has 0 bridgehead atoms. The van der Waals surface area contributed by atoms with Gasteiger partial charge < -0.3 is 19.3 Å². The molecule has 3 heterocycles. The topological polar surface area (TPSA) is 79.4 Å². The summed E-state index contributed by atoms with van der Waals surface area (Å²) >= 11 is 15.7. The Morgan fingerprint density at radius 1 is 1.09 bits per heavy atom. The van der Waals surface area contributed by atoms with Gasteiger partial charge in [-0.15, -0.1) is 0 Å². The number of hydrogen-bond acceptors (Lipinski definition) is 5. The Morgan fingerprint density at radius 3 is 2.40 bits per heavy atom. The maximum atomic E-state index is 13.9. The third kappa shape index (κ3) is 4.62. The van der Waals surface area contributed by atoms with Crippen LogP contribution in [0.5, 0.6) is 0 Å². The highest BCUT2D eigenvalue weighted by atomic mass is 79.9. The van der Waals surface area contributed by atoms with Crippen molar-refractivity contribution < 1.29 is 23.9 Å². The Morgan fingerprint density at radius 2 is 1.74 bits per heavy atom. The van der Waals surface area contributed by atoms with Crippen molar-refractivity contribution >= 4 is 62.9 Å². The SMILES string of the molecule is O=C(O[C@H]1CN2C(=O)N(c3cc(Cl)cc(Cl)c3)C(=O)[C@]2(Cc2ccc(Br)cc2)C1)N1CCOCC1. The number of fused-ring (bicyclic) bond motifs is 1. The smallest absolute Gasteiger partial charge is 0.410 e. The van der Waals surface area contributed by atoms with E-state index in [2.05, 4.69) is 15.9 Å². The van der Waals surface area contributed by atoms with Gasteiger partial charge in [-0.2, -0.15) is 0 Å². The van der Waals surface area contributed by atoms with Crippen LogP contribution in [0.2, 0.25) is 10.0 Å². The summed E-state index contributed by atoms with van der Waals surface area (Å²) in [7, 11) is 0. The second-order valence-corrected chi connectivity index (χ2v) is 10.6. The molecule has 0 aliphatic carbocycles. The van der Waals surface area contributed by atoms with Gasteiger partial charge in [0.05, 0.1) is 25.4 Å². The van der Waals surface area contributed by atoms with Gasteiger partial charge in [0.2, 0.25) is 0 Å². The number of hydrogen-bond donors (Lipinski definition) is 0. The summed E-state index contributed by atoms with van der Waals surface area (Å²) in [4.78, 5) is 44.5. The van der Waals surface area contributed by atoms with Crippen LogP contribution in [0.4, 0.5) is 15.3 Å². The number of benzene rings is 2. The fourth-order valence-corrected chi connectivity index (χ4v) is 5.71. The number of nitrogens with zero attached hydrogens (tertiary/aromatic N) is 3. The lowest BCUT2D eigenvalue weighted by atomic mass is 9.87. The standard InChI is InChI=1S/C24H22BrCl2N3O5/c25-16-3-1-15(2-4-16)12-24-13-20(35-23(33)28-5-7-34-8-6-28)14-29(24)22(32)30(21(24)31)19-10-17(26)9-18(27)11-19/h1-4,9-11,20H,5-8,12-14H2/t20-,24+/m1/s1. The molecule has 3 aliphatic rings. The fraction of sp³-hybridized carbons (Fsp3) is 0.375. The van der Waals surface area contributed by atoms with E-state index in [9.17, 15) is 14.4 Å². The summed E-state index contributed by atoms with van der Waals surface area (Å²) in [6.07, 6.45) is -0.606. The molecule has 0 aromatic heterocycles. The van der Waals surface area contributed by atoms with Crippen LogP contribution in [0.25, 0.3) is 0 Å². The van der Waals surface area contributed by atoms with E-state index in [1.165, 1.54) is 23.1 Å². The van der Waals surface area contributed by atoms with Crippen molar-refractivity contribution in [1.82, 2.24) is 9.80 Å². The van der Waals surface area contributed by atoms with Gasteiger partial charge in [-0.25, -0.2) is 14.5 Å². The Bertz CT molecular complexity index is 1150. The molecule has 8 nitrogen and oxygen atoms in total. The third-order valence-electron chi connectivity index (χ3n) is 6.54. The van der Waals surface area contributed by atoms with E-state index in [-0.39, 0.29) is 19.4 Å². The zero-order chi connectivity index (χ0) is 24.7. The Balaban J connectivity index is 1.45. The molecule has 0 unspecified atom stereocenters. The van der Waals surface area contributed by atoms with Crippen molar-refractivity contribution in [2.45, 2.75) is 24.5 Å². The van der Waals surface area contributed by atoms with E-state index in [4.69, 9.17) is 32.7 Å². The molecular formula is C24H22BrCl2N3O5. The quantitative estimate of drug-likeness (QED) is 0.486. The van der Waals surface area contributed by atoms with Crippen LogP contribution in [0.3, 0.4) is 0 Å². The van der Waals surface area contributed by atoms with Gasteiger partial charge in [-0.1, -0.05) is 51.3 Å². The number of urea groups is 1. The van der Waals surface area contributed by atoms with E-state index in [1.807, 2.05) is 24.3 Å². The molecule has 2 aromatic rings. The molecule has 0 spiro atoms. The predicted molar refractivity (Wildman–Crippen MR) is 134 cm³/mol. The number of morpholine rings is 1.